The Labute approximate surface area is 95.1 Å². The number of rotatable bonds is 3. The largest absolute Gasteiger partial charge is 0.365 e. The maximum atomic E-state index is 4.07. The summed E-state index contributed by atoms with van der Waals surface area (Å²) in [4.78, 5) is 0. The van der Waals surface area contributed by atoms with E-state index in [1.165, 1.54) is 25.7 Å². The first kappa shape index (κ1) is 10.7. The zero-order valence-electron chi connectivity index (χ0n) is 9.02. The molecule has 1 aliphatic rings. The molecule has 1 saturated carbocycles. The molecule has 4 heteroatoms. The molecule has 0 amide bonds. The zero-order chi connectivity index (χ0) is 10.5. The van der Waals surface area contributed by atoms with Gasteiger partial charge in [-0.15, -0.1) is 5.10 Å². The fraction of sp³-hybridized carbons (Fsp3) is 0.636. The number of nitrogens with zero attached hydrogens (tertiary/aromatic N) is 2. The van der Waals surface area contributed by atoms with Crippen LogP contribution in [-0.4, -0.2) is 27.7 Å². The van der Waals surface area contributed by atoms with E-state index in [-0.39, 0.29) is 0 Å². The average molecular weight is 223 g/mol. The number of aromatic nitrogens is 2. The van der Waals surface area contributed by atoms with Crippen molar-refractivity contribution in [1.82, 2.24) is 10.2 Å². The van der Waals surface area contributed by atoms with Crippen molar-refractivity contribution in [3.05, 3.63) is 18.3 Å². The maximum absolute atomic E-state index is 4.07. The van der Waals surface area contributed by atoms with Crippen LogP contribution in [0.2, 0.25) is 0 Å². The first-order valence-electron chi connectivity index (χ1n) is 5.47. The molecule has 0 aliphatic heterocycles. The van der Waals surface area contributed by atoms with Crippen LogP contribution in [-0.2, 0) is 0 Å². The maximum Gasteiger partial charge on any atom is 0.148 e. The van der Waals surface area contributed by atoms with Crippen molar-refractivity contribution >= 4 is 17.6 Å². The molecule has 2 unspecified atom stereocenters. The van der Waals surface area contributed by atoms with E-state index in [0.717, 1.165) is 11.1 Å². The lowest BCUT2D eigenvalue weighted by atomic mass is 9.95. The molecule has 1 aromatic rings. The Balaban J connectivity index is 1.97. The zero-order valence-corrected chi connectivity index (χ0v) is 9.83. The van der Waals surface area contributed by atoms with E-state index in [9.17, 15) is 0 Å². The van der Waals surface area contributed by atoms with Crippen LogP contribution < -0.4 is 5.32 Å². The highest BCUT2D eigenvalue weighted by molar-refractivity contribution is 7.99. The fourth-order valence-corrected chi connectivity index (χ4v) is 3.05. The third-order valence-electron chi connectivity index (χ3n) is 2.91. The van der Waals surface area contributed by atoms with Crippen molar-refractivity contribution in [2.75, 3.05) is 11.6 Å². The Morgan fingerprint density at radius 3 is 3.00 bits per heavy atom. The second-order valence-electron chi connectivity index (χ2n) is 3.92. The molecular weight excluding hydrogens is 206 g/mol. The molecular formula is C11H17N3S. The van der Waals surface area contributed by atoms with Gasteiger partial charge in [0.1, 0.15) is 5.82 Å². The van der Waals surface area contributed by atoms with Gasteiger partial charge in [-0.3, -0.25) is 0 Å². The minimum atomic E-state index is 0.561. The first-order valence-corrected chi connectivity index (χ1v) is 6.76. The predicted octanol–water partition coefficient (Wildman–Crippen LogP) is 2.56. The van der Waals surface area contributed by atoms with Gasteiger partial charge in [0.25, 0.3) is 0 Å². The summed E-state index contributed by atoms with van der Waals surface area (Å²) in [6, 6.07) is 4.47. The SMILES string of the molecule is CSC1CCCCC1Nc1cccnn1. The van der Waals surface area contributed by atoms with E-state index in [2.05, 4.69) is 21.8 Å². The number of hydrogen-bond donors (Lipinski definition) is 1. The topological polar surface area (TPSA) is 37.8 Å². The lowest BCUT2D eigenvalue weighted by Crippen LogP contribution is -2.34. The van der Waals surface area contributed by atoms with Crippen molar-refractivity contribution in [2.24, 2.45) is 0 Å². The van der Waals surface area contributed by atoms with Gasteiger partial charge in [-0.05, 0) is 31.2 Å². The molecule has 0 saturated heterocycles. The van der Waals surface area contributed by atoms with Crippen molar-refractivity contribution in [2.45, 2.75) is 37.0 Å². The van der Waals surface area contributed by atoms with Crippen LogP contribution in [0.1, 0.15) is 25.7 Å². The van der Waals surface area contributed by atoms with E-state index < -0.39 is 0 Å². The summed E-state index contributed by atoms with van der Waals surface area (Å²) in [6.07, 6.45) is 9.17. The van der Waals surface area contributed by atoms with Crippen LogP contribution in [0.25, 0.3) is 0 Å². The van der Waals surface area contributed by atoms with Crippen LogP contribution in [0.4, 0.5) is 5.82 Å². The molecule has 0 bridgehead atoms. The Kier molecular flexibility index (Phi) is 3.83. The first-order chi connectivity index (χ1) is 7.40. The molecule has 2 atom stereocenters. The normalized spacial score (nSPS) is 26.2. The molecule has 1 heterocycles. The van der Waals surface area contributed by atoms with Gasteiger partial charge in [-0.2, -0.15) is 16.9 Å². The number of nitrogens with one attached hydrogen (secondary N) is 1. The van der Waals surface area contributed by atoms with Crippen molar-refractivity contribution in [3.8, 4) is 0 Å². The Bertz CT molecular complexity index is 291. The summed E-state index contributed by atoms with van der Waals surface area (Å²) >= 11 is 1.96. The molecule has 3 nitrogen and oxygen atoms in total. The molecule has 0 aromatic carbocycles. The quantitative estimate of drug-likeness (QED) is 0.854. The lowest BCUT2D eigenvalue weighted by Gasteiger charge is -2.31. The predicted molar refractivity (Wildman–Crippen MR) is 65.2 cm³/mol. The Morgan fingerprint density at radius 1 is 1.40 bits per heavy atom. The Morgan fingerprint density at radius 2 is 2.27 bits per heavy atom. The van der Waals surface area contributed by atoms with Gasteiger partial charge in [-0.25, -0.2) is 0 Å². The van der Waals surface area contributed by atoms with Gasteiger partial charge in [-0.1, -0.05) is 12.8 Å². The van der Waals surface area contributed by atoms with Gasteiger partial charge >= 0.3 is 0 Å². The van der Waals surface area contributed by atoms with Crippen molar-refractivity contribution in [3.63, 3.8) is 0 Å². The fourth-order valence-electron chi connectivity index (χ4n) is 2.11. The van der Waals surface area contributed by atoms with Gasteiger partial charge in [0, 0.05) is 17.5 Å². The molecule has 15 heavy (non-hydrogen) atoms. The summed E-state index contributed by atoms with van der Waals surface area (Å²) in [6.45, 7) is 0. The van der Waals surface area contributed by atoms with E-state index in [0.29, 0.717) is 6.04 Å². The van der Waals surface area contributed by atoms with E-state index in [1.54, 1.807) is 6.20 Å². The minimum absolute atomic E-state index is 0.561. The molecule has 1 aliphatic carbocycles. The minimum Gasteiger partial charge on any atom is -0.365 e. The van der Waals surface area contributed by atoms with E-state index in [1.807, 2.05) is 23.9 Å². The second-order valence-corrected chi connectivity index (χ2v) is 5.00. The van der Waals surface area contributed by atoms with Crippen LogP contribution >= 0.6 is 11.8 Å². The van der Waals surface area contributed by atoms with Gasteiger partial charge in [0.2, 0.25) is 0 Å². The second kappa shape index (κ2) is 5.35. The van der Waals surface area contributed by atoms with Gasteiger partial charge in [0.15, 0.2) is 0 Å². The van der Waals surface area contributed by atoms with Crippen molar-refractivity contribution < 1.29 is 0 Å². The molecule has 82 valence electrons. The van der Waals surface area contributed by atoms with E-state index in [4.69, 9.17) is 0 Å². The monoisotopic (exact) mass is 223 g/mol. The summed E-state index contributed by atoms with van der Waals surface area (Å²) in [5.41, 5.74) is 0. The third kappa shape index (κ3) is 2.84. The molecule has 1 aromatic heterocycles. The van der Waals surface area contributed by atoms with Gasteiger partial charge < -0.3 is 5.32 Å². The average Bonchev–Trinajstić information content (AvgIpc) is 2.31. The molecule has 1 fully saturated rings. The van der Waals surface area contributed by atoms with Crippen LogP contribution in [0.15, 0.2) is 18.3 Å². The standard InChI is InChI=1S/C11H17N3S/c1-15-10-6-3-2-5-9(10)13-11-7-4-8-12-14-11/h4,7-10H,2-3,5-6H2,1H3,(H,13,14). The summed E-state index contributed by atoms with van der Waals surface area (Å²) < 4.78 is 0. The smallest absolute Gasteiger partial charge is 0.148 e. The number of thioether (sulfide) groups is 1. The van der Waals surface area contributed by atoms with Gasteiger partial charge in [0.05, 0.1) is 0 Å². The number of anilines is 1. The lowest BCUT2D eigenvalue weighted by molar-refractivity contribution is 0.474. The van der Waals surface area contributed by atoms with Crippen LogP contribution in [0, 0.1) is 0 Å². The Hall–Kier alpha value is -0.770. The molecule has 2 rings (SSSR count). The van der Waals surface area contributed by atoms with Crippen LogP contribution in [0.3, 0.4) is 0 Å². The highest BCUT2D eigenvalue weighted by Gasteiger charge is 2.24. The van der Waals surface area contributed by atoms with Crippen LogP contribution in [0.5, 0.6) is 0 Å². The number of hydrogen-bond acceptors (Lipinski definition) is 4. The van der Waals surface area contributed by atoms with Crippen molar-refractivity contribution in [1.29, 1.82) is 0 Å². The molecule has 0 radical (unpaired) electrons. The van der Waals surface area contributed by atoms with E-state index >= 15 is 0 Å². The summed E-state index contributed by atoms with van der Waals surface area (Å²) in [7, 11) is 0. The highest BCUT2D eigenvalue weighted by Crippen LogP contribution is 2.28. The summed E-state index contributed by atoms with van der Waals surface area (Å²) in [5, 5.41) is 12.2. The molecule has 1 N–H and O–H groups in total. The summed E-state index contributed by atoms with van der Waals surface area (Å²) in [5.74, 6) is 0.906. The third-order valence-corrected chi connectivity index (χ3v) is 4.08. The molecule has 0 spiro atoms. The highest BCUT2D eigenvalue weighted by atomic mass is 32.2.